The van der Waals surface area contributed by atoms with Gasteiger partial charge in [-0.15, -0.1) is 0 Å². The predicted molar refractivity (Wildman–Crippen MR) is 109 cm³/mol. The topological polar surface area (TPSA) is 44.7 Å². The molecule has 3 aromatic carbocycles. The molecule has 1 heterocycles. The highest BCUT2D eigenvalue weighted by atomic mass is 35.5. The summed E-state index contributed by atoms with van der Waals surface area (Å²) in [6.07, 6.45) is 1.76. The van der Waals surface area contributed by atoms with Crippen molar-refractivity contribution in [3.8, 4) is 0 Å². The molecule has 0 aromatic heterocycles. The van der Waals surface area contributed by atoms with Crippen molar-refractivity contribution in [3.05, 3.63) is 107 Å². The molecule has 1 N–H and O–H groups in total. The molecule has 1 aliphatic rings. The molecular formula is C22H16ClN3O. The van der Waals surface area contributed by atoms with Crippen LogP contribution in [0.4, 0.5) is 5.69 Å². The fourth-order valence-corrected chi connectivity index (χ4v) is 2.89. The van der Waals surface area contributed by atoms with Crippen molar-refractivity contribution in [1.82, 2.24) is 5.43 Å². The number of carbonyl (C=O) groups is 1. The minimum atomic E-state index is -0.226. The molecule has 0 fully saturated rings. The quantitative estimate of drug-likeness (QED) is 0.677. The monoisotopic (exact) mass is 373 g/mol. The Labute approximate surface area is 162 Å². The Bertz CT molecular complexity index is 1010. The number of nitrogens with one attached hydrogen (secondary N) is 1. The Balaban J connectivity index is 1.79. The van der Waals surface area contributed by atoms with E-state index in [1.165, 1.54) is 5.01 Å². The average Bonchev–Trinajstić information content (AvgIpc) is 2.72. The first kappa shape index (κ1) is 17.1. The number of anilines is 1. The lowest BCUT2D eigenvalue weighted by atomic mass is 10.1. The van der Waals surface area contributed by atoms with E-state index in [0.717, 1.165) is 16.8 Å². The van der Waals surface area contributed by atoms with E-state index in [2.05, 4.69) is 10.4 Å². The van der Waals surface area contributed by atoms with E-state index in [1.54, 1.807) is 18.2 Å². The first-order chi connectivity index (χ1) is 13.2. The molecule has 0 aliphatic carbocycles. The van der Waals surface area contributed by atoms with Crippen molar-refractivity contribution in [3.63, 3.8) is 0 Å². The third kappa shape index (κ3) is 3.76. The maximum atomic E-state index is 13.0. The lowest BCUT2D eigenvalue weighted by Crippen LogP contribution is -2.50. The highest BCUT2D eigenvalue weighted by Gasteiger charge is 2.27. The largest absolute Gasteiger partial charge is 0.295 e. The number of rotatable bonds is 3. The lowest BCUT2D eigenvalue weighted by Gasteiger charge is -2.29. The summed E-state index contributed by atoms with van der Waals surface area (Å²) in [6, 6.07) is 26.4. The van der Waals surface area contributed by atoms with Gasteiger partial charge in [-0.1, -0.05) is 72.3 Å². The summed E-state index contributed by atoms with van der Waals surface area (Å²) in [6.45, 7) is 0. The minimum Gasteiger partial charge on any atom is -0.274 e. The van der Waals surface area contributed by atoms with Gasteiger partial charge in [0.2, 0.25) is 0 Å². The number of amidine groups is 1. The normalized spacial score (nSPS) is 15.4. The van der Waals surface area contributed by atoms with Crippen LogP contribution in [0.2, 0.25) is 5.02 Å². The van der Waals surface area contributed by atoms with Crippen LogP contribution in [0.15, 0.2) is 95.6 Å². The van der Waals surface area contributed by atoms with Gasteiger partial charge < -0.3 is 0 Å². The number of hydrogen-bond acceptors (Lipinski definition) is 3. The number of hydrazine groups is 1. The summed E-state index contributed by atoms with van der Waals surface area (Å²) in [5, 5.41) is 2.16. The van der Waals surface area contributed by atoms with Gasteiger partial charge in [0.1, 0.15) is 5.70 Å². The third-order valence-electron chi connectivity index (χ3n) is 4.11. The van der Waals surface area contributed by atoms with Gasteiger partial charge in [0.25, 0.3) is 5.91 Å². The molecule has 132 valence electrons. The Hall–Kier alpha value is -3.37. The molecule has 1 amide bonds. The Morgan fingerprint density at radius 1 is 0.852 bits per heavy atom. The fraction of sp³-hybridized carbons (Fsp3) is 0. The van der Waals surface area contributed by atoms with E-state index in [1.807, 2.05) is 72.8 Å². The number of nitrogens with zero attached hydrogens (tertiary/aromatic N) is 2. The van der Waals surface area contributed by atoms with Gasteiger partial charge in [0.15, 0.2) is 5.84 Å². The molecule has 0 spiro atoms. The molecule has 3 aromatic rings. The highest BCUT2D eigenvalue weighted by Crippen LogP contribution is 2.22. The van der Waals surface area contributed by atoms with Crippen molar-refractivity contribution >= 4 is 35.1 Å². The molecule has 0 saturated heterocycles. The van der Waals surface area contributed by atoms with Crippen LogP contribution in [0.1, 0.15) is 11.1 Å². The average molecular weight is 374 g/mol. The molecule has 0 unspecified atom stereocenters. The molecular weight excluding hydrogens is 358 g/mol. The summed E-state index contributed by atoms with van der Waals surface area (Å²) in [4.78, 5) is 17.6. The minimum absolute atomic E-state index is 0.226. The van der Waals surface area contributed by atoms with Gasteiger partial charge in [0, 0.05) is 10.6 Å². The second kappa shape index (κ2) is 7.48. The van der Waals surface area contributed by atoms with Crippen molar-refractivity contribution in [2.75, 3.05) is 5.01 Å². The van der Waals surface area contributed by atoms with Gasteiger partial charge in [-0.05, 0) is 35.9 Å². The number of hydrogen-bond donors (Lipinski definition) is 1. The molecule has 0 radical (unpaired) electrons. The standard InChI is InChI=1S/C22H16ClN3O/c23-18-13-11-16(12-14-18)15-20-22(27)26(19-9-5-2-6-10-19)25-21(24-20)17-7-3-1-4-8-17/h1-15H,(H,24,25)/b20-15+. The van der Waals surface area contributed by atoms with E-state index < -0.39 is 0 Å². The van der Waals surface area contributed by atoms with Crippen LogP contribution < -0.4 is 10.4 Å². The highest BCUT2D eigenvalue weighted by molar-refractivity contribution is 6.30. The molecule has 4 rings (SSSR count). The second-order valence-electron chi connectivity index (χ2n) is 6.00. The number of carbonyl (C=O) groups excluding carboxylic acids is 1. The second-order valence-corrected chi connectivity index (χ2v) is 6.43. The van der Waals surface area contributed by atoms with E-state index in [9.17, 15) is 4.79 Å². The number of halogens is 1. The van der Waals surface area contributed by atoms with Crippen LogP contribution >= 0.6 is 11.6 Å². The van der Waals surface area contributed by atoms with Crippen molar-refractivity contribution in [2.24, 2.45) is 4.99 Å². The maximum absolute atomic E-state index is 13.0. The maximum Gasteiger partial charge on any atom is 0.295 e. The first-order valence-electron chi connectivity index (χ1n) is 8.48. The van der Waals surface area contributed by atoms with Gasteiger partial charge in [-0.2, -0.15) is 0 Å². The summed E-state index contributed by atoms with van der Waals surface area (Å²) in [7, 11) is 0. The zero-order valence-electron chi connectivity index (χ0n) is 14.3. The first-order valence-corrected chi connectivity index (χ1v) is 8.86. The molecule has 0 bridgehead atoms. The molecule has 0 saturated carbocycles. The molecule has 27 heavy (non-hydrogen) atoms. The third-order valence-corrected chi connectivity index (χ3v) is 4.36. The number of aliphatic imine (C=N–C) groups is 1. The van der Waals surface area contributed by atoms with Gasteiger partial charge >= 0.3 is 0 Å². The summed E-state index contributed by atoms with van der Waals surface area (Å²) in [5.74, 6) is 0.384. The van der Waals surface area contributed by atoms with Crippen molar-refractivity contribution in [2.45, 2.75) is 0 Å². The van der Waals surface area contributed by atoms with Crippen LogP contribution in [0.3, 0.4) is 0 Å². The zero-order valence-corrected chi connectivity index (χ0v) is 15.1. The van der Waals surface area contributed by atoms with Crippen LogP contribution in [-0.4, -0.2) is 11.7 Å². The van der Waals surface area contributed by atoms with Crippen LogP contribution in [0.25, 0.3) is 6.08 Å². The summed E-state index contributed by atoms with van der Waals surface area (Å²) < 4.78 is 0. The summed E-state index contributed by atoms with van der Waals surface area (Å²) in [5.41, 5.74) is 5.97. The van der Waals surface area contributed by atoms with E-state index in [-0.39, 0.29) is 5.91 Å². The Morgan fingerprint density at radius 2 is 1.48 bits per heavy atom. The molecule has 5 heteroatoms. The summed E-state index contributed by atoms with van der Waals surface area (Å²) >= 11 is 5.96. The smallest absolute Gasteiger partial charge is 0.274 e. The van der Waals surface area contributed by atoms with E-state index in [0.29, 0.717) is 16.6 Å². The molecule has 0 atom stereocenters. The molecule has 4 nitrogen and oxygen atoms in total. The van der Waals surface area contributed by atoms with E-state index >= 15 is 0 Å². The molecule has 1 aliphatic heterocycles. The van der Waals surface area contributed by atoms with Crippen LogP contribution in [0, 0.1) is 0 Å². The van der Waals surface area contributed by atoms with Crippen LogP contribution in [0.5, 0.6) is 0 Å². The fourth-order valence-electron chi connectivity index (χ4n) is 2.76. The number of benzene rings is 3. The number of para-hydroxylation sites is 1. The Kier molecular flexibility index (Phi) is 4.73. The zero-order chi connectivity index (χ0) is 18.6. The lowest BCUT2D eigenvalue weighted by molar-refractivity contribution is -0.115. The van der Waals surface area contributed by atoms with Gasteiger partial charge in [-0.3, -0.25) is 10.2 Å². The van der Waals surface area contributed by atoms with Gasteiger partial charge in [0.05, 0.1) is 5.69 Å². The van der Waals surface area contributed by atoms with Crippen LogP contribution in [-0.2, 0) is 4.79 Å². The number of amides is 1. The van der Waals surface area contributed by atoms with E-state index in [4.69, 9.17) is 11.6 Å². The van der Waals surface area contributed by atoms with Crippen molar-refractivity contribution < 1.29 is 4.79 Å². The van der Waals surface area contributed by atoms with Crippen molar-refractivity contribution in [1.29, 1.82) is 0 Å². The Morgan fingerprint density at radius 3 is 2.15 bits per heavy atom. The van der Waals surface area contributed by atoms with Gasteiger partial charge in [-0.25, -0.2) is 10.0 Å². The predicted octanol–water partition coefficient (Wildman–Crippen LogP) is 4.68. The SMILES string of the molecule is O=C1/C(=C\c2ccc(Cl)cc2)N=C(c2ccccc2)NN1c1ccccc1.